The highest BCUT2D eigenvalue weighted by Gasteiger charge is 2.25. The van der Waals surface area contributed by atoms with E-state index in [4.69, 9.17) is 14.2 Å². The normalized spacial score (nSPS) is 21.3. The molecule has 1 aromatic carbocycles. The van der Waals surface area contributed by atoms with E-state index in [1.165, 1.54) is 0 Å². The average molecular weight is 375 g/mol. The second-order valence-electron chi connectivity index (χ2n) is 6.76. The number of morpholine rings is 1. The van der Waals surface area contributed by atoms with Crippen LogP contribution in [0.3, 0.4) is 0 Å². The summed E-state index contributed by atoms with van der Waals surface area (Å²) in [5, 5.41) is 2.97. The minimum absolute atomic E-state index is 0.0265. The van der Waals surface area contributed by atoms with Gasteiger partial charge in [-0.2, -0.15) is 0 Å². The Morgan fingerprint density at radius 1 is 1.30 bits per heavy atom. The molecule has 1 N–H and O–H groups in total. The van der Waals surface area contributed by atoms with Crippen LogP contribution in [0, 0.1) is 0 Å². The molecule has 1 atom stereocenters. The number of ether oxygens (including phenoxy) is 3. The predicted octanol–water partition coefficient (Wildman–Crippen LogP) is 2.21. The highest BCUT2D eigenvalue weighted by Crippen LogP contribution is 2.18. The second-order valence-corrected chi connectivity index (χ2v) is 6.76. The Morgan fingerprint density at radius 2 is 2.15 bits per heavy atom. The van der Waals surface area contributed by atoms with E-state index >= 15 is 0 Å². The van der Waals surface area contributed by atoms with Crippen molar-refractivity contribution in [1.82, 2.24) is 9.80 Å². The third-order valence-corrected chi connectivity index (χ3v) is 4.66. The molecule has 0 radical (unpaired) electrons. The molecule has 0 spiro atoms. The third kappa shape index (κ3) is 6.23. The van der Waals surface area contributed by atoms with E-state index in [9.17, 15) is 4.79 Å². The summed E-state index contributed by atoms with van der Waals surface area (Å²) in [5.74, 6) is 0.706. The molecule has 2 heterocycles. The number of hydrogen-bond acceptors (Lipinski definition) is 5. The first-order valence-corrected chi connectivity index (χ1v) is 9.56. The molecule has 2 saturated heterocycles. The van der Waals surface area contributed by atoms with Gasteiger partial charge in [-0.15, -0.1) is 0 Å². The van der Waals surface area contributed by atoms with Gasteiger partial charge in [0, 0.05) is 51.1 Å². The summed E-state index contributed by atoms with van der Waals surface area (Å²) in [5.41, 5.74) is 0.719. The van der Waals surface area contributed by atoms with E-state index in [0.717, 1.165) is 45.0 Å². The van der Waals surface area contributed by atoms with Crippen LogP contribution in [-0.4, -0.2) is 81.1 Å². The monoisotopic (exact) mass is 375 g/mol. The first-order chi connectivity index (χ1) is 13.2. The second kappa shape index (κ2) is 10.3. The number of amides is 2. The summed E-state index contributed by atoms with van der Waals surface area (Å²) >= 11 is 0. The molecule has 0 bridgehead atoms. The Bertz CT molecular complexity index is 619. The zero-order valence-electron chi connectivity index (χ0n) is 15.8. The van der Waals surface area contributed by atoms with Gasteiger partial charge in [-0.1, -0.05) is 18.7 Å². The Labute approximate surface area is 160 Å². The van der Waals surface area contributed by atoms with Crippen LogP contribution in [0.4, 0.5) is 10.5 Å². The van der Waals surface area contributed by atoms with E-state index in [1.807, 2.05) is 29.2 Å². The SMILES string of the molecule is C=CCOc1cccc(NC(=O)N2CCCOC(CN3CCOCC3)C2)c1. The summed E-state index contributed by atoms with van der Waals surface area (Å²) in [7, 11) is 0. The molecule has 2 amide bonds. The van der Waals surface area contributed by atoms with E-state index in [-0.39, 0.29) is 12.1 Å². The fourth-order valence-electron chi connectivity index (χ4n) is 3.28. The maximum Gasteiger partial charge on any atom is 0.321 e. The molecule has 27 heavy (non-hydrogen) atoms. The lowest BCUT2D eigenvalue weighted by molar-refractivity contribution is -0.00983. The van der Waals surface area contributed by atoms with Crippen LogP contribution in [-0.2, 0) is 9.47 Å². The molecule has 0 saturated carbocycles. The Hall–Kier alpha value is -2.09. The van der Waals surface area contributed by atoms with Crippen LogP contribution in [0.2, 0.25) is 0 Å². The van der Waals surface area contributed by atoms with Crippen molar-refractivity contribution in [2.24, 2.45) is 0 Å². The molecular formula is C20H29N3O4. The van der Waals surface area contributed by atoms with E-state index in [0.29, 0.717) is 32.1 Å². The number of carbonyl (C=O) groups is 1. The summed E-state index contributed by atoms with van der Waals surface area (Å²) in [6.07, 6.45) is 2.56. The van der Waals surface area contributed by atoms with Gasteiger partial charge in [0.15, 0.2) is 0 Å². The fourth-order valence-corrected chi connectivity index (χ4v) is 3.28. The molecule has 2 fully saturated rings. The average Bonchev–Trinajstić information content (AvgIpc) is 2.93. The zero-order chi connectivity index (χ0) is 18.9. The fraction of sp³-hybridized carbons (Fsp3) is 0.550. The topological polar surface area (TPSA) is 63.3 Å². The van der Waals surface area contributed by atoms with Crippen molar-refractivity contribution < 1.29 is 19.0 Å². The summed E-state index contributed by atoms with van der Waals surface area (Å²) < 4.78 is 16.9. The van der Waals surface area contributed by atoms with Crippen LogP contribution in [0.15, 0.2) is 36.9 Å². The van der Waals surface area contributed by atoms with Gasteiger partial charge < -0.3 is 24.4 Å². The van der Waals surface area contributed by atoms with Crippen molar-refractivity contribution in [2.45, 2.75) is 12.5 Å². The molecule has 3 rings (SSSR count). The molecule has 2 aliphatic rings. The Morgan fingerprint density at radius 3 is 2.96 bits per heavy atom. The smallest absolute Gasteiger partial charge is 0.321 e. The number of rotatable bonds is 6. The lowest BCUT2D eigenvalue weighted by Gasteiger charge is -2.31. The molecule has 0 aromatic heterocycles. The van der Waals surface area contributed by atoms with E-state index < -0.39 is 0 Å². The molecule has 1 unspecified atom stereocenters. The number of anilines is 1. The Balaban J connectivity index is 1.55. The summed E-state index contributed by atoms with van der Waals surface area (Å²) in [4.78, 5) is 16.9. The van der Waals surface area contributed by atoms with Crippen LogP contribution < -0.4 is 10.1 Å². The van der Waals surface area contributed by atoms with E-state index in [1.54, 1.807) is 6.08 Å². The molecule has 7 nitrogen and oxygen atoms in total. The van der Waals surface area contributed by atoms with Gasteiger partial charge in [-0.3, -0.25) is 4.90 Å². The van der Waals surface area contributed by atoms with E-state index in [2.05, 4.69) is 16.8 Å². The summed E-state index contributed by atoms with van der Waals surface area (Å²) in [6.45, 7) is 10.2. The van der Waals surface area contributed by atoms with Crippen molar-refractivity contribution in [2.75, 3.05) is 64.5 Å². The van der Waals surface area contributed by atoms with Gasteiger partial charge in [-0.05, 0) is 18.6 Å². The van der Waals surface area contributed by atoms with Gasteiger partial charge in [0.05, 0.1) is 19.3 Å². The lowest BCUT2D eigenvalue weighted by atomic mass is 10.2. The molecule has 1 aromatic rings. The van der Waals surface area contributed by atoms with Crippen LogP contribution in [0.5, 0.6) is 5.75 Å². The zero-order valence-corrected chi connectivity index (χ0v) is 15.8. The predicted molar refractivity (Wildman–Crippen MR) is 104 cm³/mol. The van der Waals surface area contributed by atoms with Crippen molar-refractivity contribution in [3.63, 3.8) is 0 Å². The van der Waals surface area contributed by atoms with Gasteiger partial charge in [0.1, 0.15) is 12.4 Å². The largest absolute Gasteiger partial charge is 0.489 e. The molecule has 0 aliphatic carbocycles. The maximum absolute atomic E-state index is 12.8. The number of benzene rings is 1. The minimum atomic E-state index is -0.103. The first-order valence-electron chi connectivity index (χ1n) is 9.56. The lowest BCUT2D eigenvalue weighted by Crippen LogP contribution is -2.46. The number of nitrogens with one attached hydrogen (secondary N) is 1. The van der Waals surface area contributed by atoms with Gasteiger partial charge in [-0.25, -0.2) is 4.79 Å². The maximum atomic E-state index is 12.8. The van der Waals surface area contributed by atoms with Gasteiger partial charge in [0.2, 0.25) is 0 Å². The van der Waals surface area contributed by atoms with Crippen LogP contribution in [0.25, 0.3) is 0 Å². The van der Waals surface area contributed by atoms with Gasteiger partial charge in [0.25, 0.3) is 0 Å². The number of urea groups is 1. The molecule has 148 valence electrons. The van der Waals surface area contributed by atoms with Crippen molar-refractivity contribution in [3.05, 3.63) is 36.9 Å². The standard InChI is InChI=1S/C20H29N3O4/c1-2-10-26-18-6-3-5-17(14-18)21-20(24)23-7-4-11-27-19(16-23)15-22-8-12-25-13-9-22/h2-3,5-6,14,19H,1,4,7-13,15-16H2,(H,21,24). The summed E-state index contributed by atoms with van der Waals surface area (Å²) in [6, 6.07) is 7.30. The Kier molecular flexibility index (Phi) is 7.50. The number of nitrogens with zero attached hydrogens (tertiary/aromatic N) is 2. The molecular weight excluding hydrogens is 346 g/mol. The quantitative estimate of drug-likeness (QED) is 0.773. The first kappa shape index (κ1) is 19.7. The minimum Gasteiger partial charge on any atom is -0.489 e. The third-order valence-electron chi connectivity index (χ3n) is 4.66. The molecule has 2 aliphatic heterocycles. The number of carbonyl (C=O) groups excluding carboxylic acids is 1. The van der Waals surface area contributed by atoms with Crippen molar-refractivity contribution in [1.29, 1.82) is 0 Å². The molecule has 7 heteroatoms. The van der Waals surface area contributed by atoms with Crippen molar-refractivity contribution >= 4 is 11.7 Å². The van der Waals surface area contributed by atoms with Crippen LogP contribution in [0.1, 0.15) is 6.42 Å². The van der Waals surface area contributed by atoms with Gasteiger partial charge >= 0.3 is 6.03 Å². The van der Waals surface area contributed by atoms with Crippen molar-refractivity contribution in [3.8, 4) is 5.75 Å². The van der Waals surface area contributed by atoms with Crippen LogP contribution >= 0.6 is 0 Å². The number of hydrogen-bond donors (Lipinski definition) is 1. The highest BCUT2D eigenvalue weighted by atomic mass is 16.5. The highest BCUT2D eigenvalue weighted by molar-refractivity contribution is 5.89.